The number of piperazine rings is 1. The standard InChI is InChI=1S/C28H34N3O2S/c1-20-17-21(5-12-28(20)33-3)27-19-22-18-24(30-15-13-29(2)14-16-30)8-11-26(22)31(27)23-6-9-25(10-7-23)34(4)32/h5-7,9-10,12,17,19,24H,4,8,11,13-16,18H2,1-3H3/q-1. The highest BCUT2D eigenvalue weighted by Gasteiger charge is 2.30. The van der Waals surface area contributed by atoms with Crippen LogP contribution in [-0.4, -0.2) is 66.6 Å². The van der Waals surface area contributed by atoms with Gasteiger partial charge in [-0.1, -0.05) is 12.1 Å². The highest BCUT2D eigenvalue weighted by atomic mass is 32.2. The maximum absolute atomic E-state index is 11.8. The van der Waals surface area contributed by atoms with E-state index in [-0.39, 0.29) is 0 Å². The average molecular weight is 477 g/mol. The van der Waals surface area contributed by atoms with E-state index >= 15 is 0 Å². The van der Waals surface area contributed by atoms with Crippen LogP contribution in [0.5, 0.6) is 5.75 Å². The minimum absolute atomic E-state index is 0.610. The fourth-order valence-electron chi connectivity index (χ4n) is 5.50. The molecule has 6 heteroatoms. The molecule has 1 fully saturated rings. The fraction of sp³-hybridized carbons (Fsp3) is 0.393. The van der Waals surface area contributed by atoms with Crippen LogP contribution in [0.3, 0.4) is 0 Å². The zero-order chi connectivity index (χ0) is 23.8. The number of rotatable bonds is 5. The molecule has 3 aromatic rings. The number of aromatic nitrogens is 1. The first-order chi connectivity index (χ1) is 16.4. The SMILES string of the molecule is C=[S-](=O)c1ccc(-n2c(-c3ccc(OC)c(C)c3)cc3c2CCC(N2CCN(C)CC2)C3)cc1. The number of hydrogen-bond acceptors (Lipinski definition) is 5. The van der Waals surface area contributed by atoms with Gasteiger partial charge < -0.3 is 18.4 Å². The summed E-state index contributed by atoms with van der Waals surface area (Å²) in [4.78, 5) is 5.87. The Morgan fingerprint density at radius 3 is 2.41 bits per heavy atom. The Labute approximate surface area is 205 Å². The van der Waals surface area contributed by atoms with Crippen LogP contribution < -0.4 is 4.74 Å². The highest BCUT2D eigenvalue weighted by molar-refractivity contribution is 7.82. The summed E-state index contributed by atoms with van der Waals surface area (Å²) in [5.74, 6) is 4.57. The van der Waals surface area contributed by atoms with Crippen molar-refractivity contribution in [2.75, 3.05) is 40.3 Å². The first-order valence-electron chi connectivity index (χ1n) is 12.1. The number of methoxy groups -OCH3 is 1. The van der Waals surface area contributed by atoms with Gasteiger partial charge in [0.05, 0.1) is 12.8 Å². The van der Waals surface area contributed by atoms with Crippen molar-refractivity contribution in [1.29, 1.82) is 0 Å². The predicted octanol–water partition coefficient (Wildman–Crippen LogP) is 4.32. The fourth-order valence-corrected chi connectivity index (χ4v) is 5.94. The number of hydrogen-bond donors (Lipinski definition) is 0. The molecule has 5 nitrogen and oxygen atoms in total. The lowest BCUT2D eigenvalue weighted by Gasteiger charge is -2.39. The van der Waals surface area contributed by atoms with Crippen LogP contribution in [-0.2, 0) is 27.4 Å². The third-order valence-corrected chi connectivity index (χ3v) is 8.26. The lowest BCUT2D eigenvalue weighted by Crippen LogP contribution is -2.50. The molecule has 0 saturated carbocycles. The van der Waals surface area contributed by atoms with Crippen LogP contribution in [0.25, 0.3) is 16.9 Å². The van der Waals surface area contributed by atoms with Gasteiger partial charge in [0.2, 0.25) is 0 Å². The Balaban J connectivity index is 1.56. The van der Waals surface area contributed by atoms with Crippen molar-refractivity contribution in [2.45, 2.75) is 37.1 Å². The Morgan fingerprint density at radius 2 is 1.76 bits per heavy atom. The lowest BCUT2D eigenvalue weighted by atomic mass is 9.91. The van der Waals surface area contributed by atoms with Crippen molar-refractivity contribution in [1.82, 2.24) is 14.4 Å². The minimum atomic E-state index is -1.23. The van der Waals surface area contributed by atoms with Crippen LogP contribution >= 0.6 is 0 Å². The van der Waals surface area contributed by atoms with Crippen molar-refractivity contribution in [2.24, 2.45) is 0 Å². The van der Waals surface area contributed by atoms with Gasteiger partial charge in [-0.2, -0.15) is 5.87 Å². The van der Waals surface area contributed by atoms with E-state index in [2.05, 4.69) is 70.6 Å². The Morgan fingerprint density at radius 1 is 1.03 bits per heavy atom. The smallest absolute Gasteiger partial charge is 0.121 e. The van der Waals surface area contributed by atoms with Crippen molar-refractivity contribution >= 4 is 16.3 Å². The molecule has 180 valence electrons. The maximum atomic E-state index is 11.8. The summed E-state index contributed by atoms with van der Waals surface area (Å²) in [6.07, 6.45) is 3.34. The number of benzene rings is 2. The van der Waals surface area contributed by atoms with E-state index in [1.165, 1.54) is 28.9 Å². The zero-order valence-electron chi connectivity index (χ0n) is 20.4. The summed E-state index contributed by atoms with van der Waals surface area (Å²) in [5, 5.41) is 0. The first-order valence-corrected chi connectivity index (χ1v) is 13.4. The summed E-state index contributed by atoms with van der Waals surface area (Å²) < 4.78 is 19.8. The summed E-state index contributed by atoms with van der Waals surface area (Å²) in [7, 11) is 2.71. The summed E-state index contributed by atoms with van der Waals surface area (Å²) in [5.41, 5.74) is 7.48. The molecule has 0 radical (unpaired) electrons. The number of nitrogens with zero attached hydrogens (tertiary/aromatic N) is 3. The molecule has 0 amide bonds. The van der Waals surface area contributed by atoms with Crippen molar-refractivity contribution in [3.05, 3.63) is 65.4 Å². The van der Waals surface area contributed by atoms with E-state index in [9.17, 15) is 4.21 Å². The van der Waals surface area contributed by atoms with Crippen LogP contribution in [0.15, 0.2) is 53.4 Å². The van der Waals surface area contributed by atoms with Gasteiger partial charge >= 0.3 is 0 Å². The molecule has 2 heterocycles. The molecule has 1 unspecified atom stereocenters. The topological polar surface area (TPSA) is 37.7 Å². The van der Waals surface area contributed by atoms with Gasteiger partial charge in [0, 0.05) is 43.6 Å². The van der Waals surface area contributed by atoms with Gasteiger partial charge in [-0.05, 0) is 86.3 Å². The molecule has 2 aromatic carbocycles. The van der Waals surface area contributed by atoms with Gasteiger partial charge in [0.25, 0.3) is 0 Å². The predicted molar refractivity (Wildman–Crippen MR) is 141 cm³/mol. The second kappa shape index (κ2) is 9.61. The number of ether oxygens (including phenoxy) is 1. The highest BCUT2D eigenvalue weighted by Crippen LogP contribution is 2.36. The molecule has 1 aliphatic heterocycles. The second-order valence-corrected chi connectivity index (χ2v) is 10.8. The molecule has 0 N–H and O–H groups in total. The second-order valence-electron chi connectivity index (χ2n) is 9.60. The summed E-state index contributed by atoms with van der Waals surface area (Å²) in [6, 6.07) is 17.4. The number of aryl methyl sites for hydroxylation is 1. The summed E-state index contributed by atoms with van der Waals surface area (Å²) in [6.45, 7) is 6.72. The number of likely N-dealkylation sites (N-methyl/N-ethyl adjacent to an activating group) is 1. The molecule has 2 aliphatic rings. The lowest BCUT2D eigenvalue weighted by molar-refractivity contribution is 0.103. The maximum Gasteiger partial charge on any atom is 0.121 e. The van der Waals surface area contributed by atoms with E-state index < -0.39 is 10.4 Å². The molecule has 1 atom stereocenters. The van der Waals surface area contributed by atoms with Gasteiger partial charge in [-0.25, -0.2) is 0 Å². The Bertz CT molecular complexity index is 1240. The van der Waals surface area contributed by atoms with Crippen LogP contribution in [0, 0.1) is 6.92 Å². The van der Waals surface area contributed by atoms with E-state index in [1.807, 2.05) is 12.1 Å². The average Bonchev–Trinajstić information content (AvgIpc) is 3.23. The number of fused-ring (bicyclic) bond motifs is 1. The molecular formula is C28H34N3O2S-. The van der Waals surface area contributed by atoms with Gasteiger partial charge in [0.1, 0.15) is 5.75 Å². The monoisotopic (exact) mass is 476 g/mol. The zero-order valence-corrected chi connectivity index (χ0v) is 21.2. The molecule has 34 heavy (non-hydrogen) atoms. The van der Waals surface area contributed by atoms with Gasteiger partial charge in [-0.3, -0.25) is 15.3 Å². The normalized spacial score (nSPS) is 19.4. The van der Waals surface area contributed by atoms with Crippen molar-refractivity contribution in [3.8, 4) is 22.7 Å². The molecule has 1 aromatic heterocycles. The molecule has 1 aliphatic carbocycles. The molecule has 5 rings (SSSR count). The minimum Gasteiger partial charge on any atom is -0.496 e. The van der Waals surface area contributed by atoms with E-state index in [4.69, 9.17) is 4.74 Å². The summed E-state index contributed by atoms with van der Waals surface area (Å²) >= 11 is 0. The van der Waals surface area contributed by atoms with Gasteiger partial charge in [0.15, 0.2) is 0 Å². The quantitative estimate of drug-likeness (QED) is 0.406. The van der Waals surface area contributed by atoms with Crippen LogP contribution in [0.4, 0.5) is 0 Å². The van der Waals surface area contributed by atoms with E-state index in [0.29, 0.717) is 6.04 Å². The Hall–Kier alpha value is -2.54. The van der Waals surface area contributed by atoms with E-state index in [1.54, 1.807) is 7.11 Å². The largest absolute Gasteiger partial charge is 0.496 e. The first kappa shape index (κ1) is 23.2. The van der Waals surface area contributed by atoms with Crippen LogP contribution in [0.2, 0.25) is 0 Å². The molecule has 1 saturated heterocycles. The third kappa shape index (κ3) is 4.42. The molecular weight excluding hydrogens is 442 g/mol. The van der Waals surface area contributed by atoms with Crippen molar-refractivity contribution in [3.63, 3.8) is 0 Å². The molecule has 0 spiro atoms. The van der Waals surface area contributed by atoms with Gasteiger partial charge in [-0.15, -0.1) is 4.90 Å². The van der Waals surface area contributed by atoms with E-state index in [0.717, 1.165) is 60.9 Å². The Kier molecular flexibility index (Phi) is 6.56. The van der Waals surface area contributed by atoms with Crippen molar-refractivity contribution < 1.29 is 8.95 Å². The third-order valence-electron chi connectivity index (χ3n) is 7.47. The van der Waals surface area contributed by atoms with Crippen LogP contribution in [0.1, 0.15) is 23.2 Å². The molecule has 0 bridgehead atoms.